The molecule has 0 spiro atoms. The first-order chi connectivity index (χ1) is 8.10. The third-order valence-electron chi connectivity index (χ3n) is 2.12. The zero-order valence-electron chi connectivity index (χ0n) is 10.1. The molecule has 0 aliphatic heterocycles. The van der Waals surface area contributed by atoms with E-state index in [1.54, 1.807) is 11.9 Å². The van der Waals surface area contributed by atoms with Crippen LogP contribution in [0.15, 0.2) is 10.8 Å². The minimum absolute atomic E-state index is 0.0356. The Bertz CT molecular complexity index is 398. The molecule has 2 N–H and O–H groups in total. The molecule has 1 rings (SSSR count). The van der Waals surface area contributed by atoms with E-state index in [0.717, 1.165) is 4.47 Å². The summed E-state index contributed by atoms with van der Waals surface area (Å²) in [6, 6.07) is 0. The van der Waals surface area contributed by atoms with Crippen molar-refractivity contribution in [1.29, 1.82) is 0 Å². The summed E-state index contributed by atoms with van der Waals surface area (Å²) in [4.78, 5) is 21.4. The van der Waals surface area contributed by atoms with Gasteiger partial charge in [-0.3, -0.25) is 4.79 Å². The lowest BCUT2D eigenvalue weighted by molar-refractivity contribution is -0.119. The average molecular weight is 302 g/mol. The number of aromatic nitrogens is 2. The molecule has 1 heterocycles. The predicted molar refractivity (Wildman–Crippen MR) is 71.2 cm³/mol. The normalized spacial score (nSPS) is 9.88. The number of hydrogen-bond acceptors (Lipinski definition) is 5. The molecule has 0 radical (unpaired) electrons. The first-order valence-corrected chi connectivity index (χ1v) is 6.05. The van der Waals surface area contributed by atoms with Gasteiger partial charge in [-0.25, -0.2) is 9.97 Å². The highest BCUT2D eigenvalue weighted by Gasteiger charge is 2.13. The number of rotatable bonds is 5. The van der Waals surface area contributed by atoms with Gasteiger partial charge in [0.25, 0.3) is 0 Å². The van der Waals surface area contributed by atoms with Crippen LogP contribution in [0.3, 0.4) is 0 Å². The van der Waals surface area contributed by atoms with E-state index in [2.05, 4.69) is 36.5 Å². The quantitative estimate of drug-likeness (QED) is 0.844. The van der Waals surface area contributed by atoms with E-state index in [9.17, 15) is 4.79 Å². The Labute approximate surface area is 109 Å². The third-order valence-corrected chi connectivity index (χ3v) is 2.85. The fourth-order valence-corrected chi connectivity index (χ4v) is 2.05. The van der Waals surface area contributed by atoms with Gasteiger partial charge in [-0.2, -0.15) is 0 Å². The minimum atomic E-state index is -0.0356. The van der Waals surface area contributed by atoms with Crippen molar-refractivity contribution in [3.8, 4) is 0 Å². The maximum Gasteiger partial charge on any atom is 0.239 e. The first-order valence-electron chi connectivity index (χ1n) is 5.26. The molecule has 0 bridgehead atoms. The molecular weight excluding hydrogens is 286 g/mol. The number of nitrogens with one attached hydrogen (secondary N) is 2. The molecule has 0 fully saturated rings. The molecule has 1 aromatic rings. The Kier molecular flexibility index (Phi) is 5.14. The van der Waals surface area contributed by atoms with Crippen LogP contribution in [0.1, 0.15) is 6.92 Å². The molecule has 0 saturated heterocycles. The summed E-state index contributed by atoms with van der Waals surface area (Å²) in [5, 5.41) is 5.68. The van der Waals surface area contributed by atoms with E-state index in [-0.39, 0.29) is 12.5 Å². The number of anilines is 2. The molecule has 0 aliphatic carbocycles. The van der Waals surface area contributed by atoms with Crippen molar-refractivity contribution in [3.05, 3.63) is 10.8 Å². The van der Waals surface area contributed by atoms with Crippen LogP contribution < -0.4 is 15.5 Å². The maximum atomic E-state index is 11.5. The van der Waals surface area contributed by atoms with Gasteiger partial charge in [-0.1, -0.05) is 0 Å². The molecule has 6 nitrogen and oxygen atoms in total. The van der Waals surface area contributed by atoms with Crippen molar-refractivity contribution in [2.45, 2.75) is 6.92 Å². The standard InChI is InChI=1S/C10H16BrN5O/c1-4-13-7(17)5-16(3)10-8(11)9(12-2)14-6-15-10/h6H,4-5H2,1-3H3,(H,13,17)(H,12,14,15). The molecule has 0 unspecified atom stereocenters. The zero-order chi connectivity index (χ0) is 12.8. The summed E-state index contributed by atoms with van der Waals surface area (Å²) in [6.07, 6.45) is 1.46. The lowest BCUT2D eigenvalue weighted by Gasteiger charge is -2.19. The highest BCUT2D eigenvalue weighted by Crippen LogP contribution is 2.28. The van der Waals surface area contributed by atoms with Gasteiger partial charge in [0, 0.05) is 20.6 Å². The number of carbonyl (C=O) groups excluding carboxylic acids is 1. The van der Waals surface area contributed by atoms with Crippen LogP contribution in [0.5, 0.6) is 0 Å². The van der Waals surface area contributed by atoms with Gasteiger partial charge in [-0.05, 0) is 22.9 Å². The van der Waals surface area contributed by atoms with E-state index < -0.39 is 0 Å². The summed E-state index contributed by atoms with van der Waals surface area (Å²) >= 11 is 3.41. The molecule has 0 aromatic carbocycles. The molecule has 7 heteroatoms. The van der Waals surface area contributed by atoms with Gasteiger partial charge >= 0.3 is 0 Å². The smallest absolute Gasteiger partial charge is 0.239 e. The molecule has 0 atom stereocenters. The Morgan fingerprint density at radius 1 is 1.53 bits per heavy atom. The van der Waals surface area contributed by atoms with Crippen molar-refractivity contribution in [3.63, 3.8) is 0 Å². The second-order valence-electron chi connectivity index (χ2n) is 3.42. The molecule has 1 amide bonds. The Morgan fingerprint density at radius 2 is 2.24 bits per heavy atom. The van der Waals surface area contributed by atoms with Gasteiger partial charge in [-0.15, -0.1) is 0 Å². The van der Waals surface area contributed by atoms with Crippen LogP contribution in [-0.4, -0.2) is 43.1 Å². The zero-order valence-corrected chi connectivity index (χ0v) is 11.7. The summed E-state index contributed by atoms with van der Waals surface area (Å²) in [7, 11) is 3.59. The highest BCUT2D eigenvalue weighted by atomic mass is 79.9. The van der Waals surface area contributed by atoms with Crippen molar-refractivity contribution >= 4 is 33.5 Å². The number of nitrogens with zero attached hydrogens (tertiary/aromatic N) is 3. The topological polar surface area (TPSA) is 70.2 Å². The van der Waals surface area contributed by atoms with Gasteiger partial charge in [0.15, 0.2) is 0 Å². The summed E-state index contributed by atoms with van der Waals surface area (Å²) < 4.78 is 0.745. The highest BCUT2D eigenvalue weighted by molar-refractivity contribution is 9.10. The Balaban J connectivity index is 2.81. The average Bonchev–Trinajstić information content (AvgIpc) is 2.29. The van der Waals surface area contributed by atoms with E-state index in [0.29, 0.717) is 18.2 Å². The molecular formula is C10H16BrN5O. The van der Waals surface area contributed by atoms with E-state index in [1.165, 1.54) is 6.33 Å². The van der Waals surface area contributed by atoms with Crippen molar-refractivity contribution in [1.82, 2.24) is 15.3 Å². The second-order valence-corrected chi connectivity index (χ2v) is 4.21. The maximum absolute atomic E-state index is 11.5. The van der Waals surface area contributed by atoms with Crippen LogP contribution in [0.25, 0.3) is 0 Å². The van der Waals surface area contributed by atoms with Crippen molar-refractivity contribution < 1.29 is 4.79 Å². The van der Waals surface area contributed by atoms with Crippen molar-refractivity contribution in [2.75, 3.05) is 37.4 Å². The van der Waals surface area contributed by atoms with Crippen LogP contribution in [0.2, 0.25) is 0 Å². The van der Waals surface area contributed by atoms with Crippen LogP contribution in [0.4, 0.5) is 11.6 Å². The van der Waals surface area contributed by atoms with Gasteiger partial charge in [0.2, 0.25) is 5.91 Å². The van der Waals surface area contributed by atoms with E-state index >= 15 is 0 Å². The molecule has 0 saturated carbocycles. The van der Waals surface area contributed by atoms with Crippen molar-refractivity contribution in [2.24, 2.45) is 0 Å². The SMILES string of the molecule is CCNC(=O)CN(C)c1ncnc(NC)c1Br. The number of halogens is 1. The number of hydrogen-bond donors (Lipinski definition) is 2. The number of carbonyl (C=O) groups is 1. The van der Waals surface area contributed by atoms with E-state index in [1.807, 2.05) is 14.0 Å². The third kappa shape index (κ3) is 3.55. The van der Waals surface area contributed by atoms with Gasteiger partial charge in [0.05, 0.1) is 6.54 Å². The largest absolute Gasteiger partial charge is 0.372 e. The minimum Gasteiger partial charge on any atom is -0.372 e. The fraction of sp³-hybridized carbons (Fsp3) is 0.500. The first kappa shape index (κ1) is 13.7. The molecule has 1 aromatic heterocycles. The number of likely N-dealkylation sites (N-methyl/N-ethyl adjacent to an activating group) is 2. The molecule has 0 aliphatic rings. The summed E-state index contributed by atoms with van der Waals surface area (Å²) in [5.41, 5.74) is 0. The van der Waals surface area contributed by atoms with Crippen LogP contribution in [-0.2, 0) is 4.79 Å². The summed E-state index contributed by atoms with van der Waals surface area (Å²) in [6.45, 7) is 2.77. The Morgan fingerprint density at radius 3 is 2.82 bits per heavy atom. The summed E-state index contributed by atoms with van der Waals surface area (Å²) in [5.74, 6) is 1.33. The molecule has 17 heavy (non-hydrogen) atoms. The number of amides is 1. The second kappa shape index (κ2) is 6.39. The predicted octanol–water partition coefficient (Wildman–Crippen LogP) is 0.853. The van der Waals surface area contributed by atoms with Crippen LogP contribution >= 0.6 is 15.9 Å². The van der Waals surface area contributed by atoms with Gasteiger partial charge in [0.1, 0.15) is 22.4 Å². The monoisotopic (exact) mass is 301 g/mol. The van der Waals surface area contributed by atoms with Crippen LogP contribution in [0, 0.1) is 0 Å². The lowest BCUT2D eigenvalue weighted by Crippen LogP contribution is -2.35. The fourth-order valence-electron chi connectivity index (χ4n) is 1.34. The molecule has 94 valence electrons. The lowest BCUT2D eigenvalue weighted by atomic mass is 10.4. The van der Waals surface area contributed by atoms with E-state index in [4.69, 9.17) is 0 Å². The van der Waals surface area contributed by atoms with Gasteiger partial charge < -0.3 is 15.5 Å². The Hall–Kier alpha value is -1.37.